The van der Waals surface area contributed by atoms with E-state index in [4.69, 9.17) is 44.5 Å². The van der Waals surface area contributed by atoms with Gasteiger partial charge in [0.05, 0.1) is 25.3 Å². The van der Waals surface area contributed by atoms with Crippen LogP contribution in [0, 0.1) is 5.41 Å². The fraction of sp³-hybridized carbons (Fsp3) is 0.707. The Morgan fingerprint density at radius 1 is 0.768 bits per heavy atom. The quantitative estimate of drug-likeness (QED) is 0.0123. The molecule has 28 nitrogen and oxygen atoms in total. The number of rotatable bonds is 34. The van der Waals surface area contributed by atoms with Gasteiger partial charge in [-0.15, -0.1) is 0 Å². The number of aliphatic hydroxyl groups is 1. The average molecular weight is 985 g/mol. The normalized spacial score (nSPS) is 16.6. The Balaban J connectivity index is 3.06. The van der Waals surface area contributed by atoms with E-state index in [0.717, 1.165) is 0 Å². The SMILES string of the molecule is COC[C@H](NC(=O)[C@@H]1CCCN1C(=O)[C@@H](CCCN)NC(=O)CNC(=O)[C@H](C)NC(=O)[C@@H](NC(=O)C(N)CCCCN)[C@@H](O)CN)C(=O)N[C@@H](CCCCN)C(=O)N/C(=C\CCNC(=N)N)C(=O)O. The number of nitrogens with zero attached hydrogens (tertiary/aromatic N) is 1. The van der Waals surface area contributed by atoms with E-state index in [2.05, 4.69) is 42.5 Å². The van der Waals surface area contributed by atoms with Gasteiger partial charge in [-0.3, -0.25) is 43.8 Å². The van der Waals surface area contributed by atoms with Crippen molar-refractivity contribution in [1.29, 1.82) is 5.41 Å². The molecule has 1 saturated heterocycles. The molecule has 0 spiro atoms. The number of aliphatic hydroxyl groups excluding tert-OH is 1. The van der Waals surface area contributed by atoms with E-state index in [0.29, 0.717) is 38.6 Å². The highest BCUT2D eigenvalue weighted by Crippen LogP contribution is 2.20. The van der Waals surface area contributed by atoms with E-state index in [9.17, 15) is 53.4 Å². The van der Waals surface area contributed by atoms with Crippen LogP contribution in [0.3, 0.4) is 0 Å². The Hall–Kier alpha value is -6.04. The zero-order valence-corrected chi connectivity index (χ0v) is 39.5. The van der Waals surface area contributed by atoms with Crippen LogP contribution in [0.1, 0.15) is 77.6 Å². The molecule has 0 aromatic rings. The molecule has 0 bridgehead atoms. The van der Waals surface area contributed by atoms with Gasteiger partial charge in [-0.2, -0.15) is 0 Å². The maximum absolute atomic E-state index is 14.0. The molecular weight excluding hydrogens is 909 g/mol. The number of guanidine groups is 1. The van der Waals surface area contributed by atoms with Crippen LogP contribution in [0.15, 0.2) is 11.8 Å². The van der Waals surface area contributed by atoms with E-state index >= 15 is 0 Å². The van der Waals surface area contributed by atoms with E-state index in [-0.39, 0.29) is 77.3 Å². The zero-order valence-electron chi connectivity index (χ0n) is 39.5. The van der Waals surface area contributed by atoms with E-state index in [1.54, 1.807) is 0 Å². The topological polar surface area (TPSA) is 483 Å². The van der Waals surface area contributed by atoms with Gasteiger partial charge in [-0.05, 0) is 90.8 Å². The first-order chi connectivity index (χ1) is 32.8. The van der Waals surface area contributed by atoms with Crippen molar-refractivity contribution in [3.63, 3.8) is 0 Å². The number of nitrogens with one attached hydrogen (secondary N) is 9. The number of carboxylic acid groups (broad SMARTS) is 1. The monoisotopic (exact) mass is 985 g/mol. The van der Waals surface area contributed by atoms with Crippen LogP contribution in [-0.2, 0) is 47.9 Å². The van der Waals surface area contributed by atoms with E-state index < -0.39 is 120 Å². The number of likely N-dealkylation sites (tertiary alicyclic amines) is 1. The Bertz CT molecular complexity index is 1760. The summed E-state index contributed by atoms with van der Waals surface area (Å²) in [6.07, 6.45) is 2.98. The summed E-state index contributed by atoms with van der Waals surface area (Å²) >= 11 is 0. The number of nitrogens with two attached hydrogens (primary N) is 6. The van der Waals surface area contributed by atoms with Gasteiger partial charge in [0, 0.05) is 26.7 Å². The molecule has 8 amide bonds. The Labute approximate surface area is 401 Å². The highest BCUT2D eigenvalue weighted by Gasteiger charge is 2.39. The maximum Gasteiger partial charge on any atom is 0.352 e. The summed E-state index contributed by atoms with van der Waals surface area (Å²) in [6.45, 7) is 0.901. The number of ether oxygens (including phenoxy) is 1. The van der Waals surface area contributed by atoms with Crippen molar-refractivity contribution in [1.82, 2.24) is 47.4 Å². The molecule has 1 unspecified atom stereocenters. The first-order valence-corrected chi connectivity index (χ1v) is 22.9. The number of hydrogen-bond acceptors (Lipinski definition) is 17. The molecule has 0 radical (unpaired) electrons. The number of unbranched alkanes of at least 4 members (excludes halogenated alkanes) is 2. The summed E-state index contributed by atoms with van der Waals surface area (Å²) < 4.78 is 5.19. The van der Waals surface area contributed by atoms with Gasteiger partial charge in [0.15, 0.2) is 5.96 Å². The lowest BCUT2D eigenvalue weighted by Crippen LogP contribution is -2.60. The lowest BCUT2D eigenvalue weighted by atomic mass is 10.1. The molecule has 0 aromatic carbocycles. The van der Waals surface area contributed by atoms with Gasteiger partial charge in [0.25, 0.3) is 0 Å². The smallest absolute Gasteiger partial charge is 0.352 e. The number of methoxy groups -OCH3 is 1. The minimum atomic E-state index is -1.56. The maximum atomic E-state index is 14.0. The van der Waals surface area contributed by atoms with Gasteiger partial charge >= 0.3 is 5.97 Å². The summed E-state index contributed by atoms with van der Waals surface area (Å²) in [5.41, 5.74) is 33.0. The highest BCUT2D eigenvalue weighted by atomic mass is 16.5. The Kier molecular flexibility index (Phi) is 29.6. The molecular formula is C41H76N16O12. The van der Waals surface area contributed by atoms with Crippen molar-refractivity contribution < 1.29 is 58.1 Å². The largest absolute Gasteiger partial charge is 0.477 e. The summed E-state index contributed by atoms with van der Waals surface area (Å²) in [5, 5.41) is 46.8. The van der Waals surface area contributed by atoms with Gasteiger partial charge in [0.1, 0.15) is 41.9 Å². The summed E-state index contributed by atoms with van der Waals surface area (Å²) in [6, 6.07) is -8.80. The van der Waals surface area contributed by atoms with Crippen LogP contribution in [0.4, 0.5) is 0 Å². The molecule has 0 aromatic heterocycles. The first-order valence-electron chi connectivity index (χ1n) is 22.9. The summed E-state index contributed by atoms with van der Waals surface area (Å²) in [4.78, 5) is 120. The fourth-order valence-electron chi connectivity index (χ4n) is 6.88. The third kappa shape index (κ3) is 22.7. The molecule has 8 atom stereocenters. The lowest BCUT2D eigenvalue weighted by Gasteiger charge is -2.30. The minimum absolute atomic E-state index is 0.0512. The van der Waals surface area contributed by atoms with E-state index in [1.165, 1.54) is 25.0 Å². The zero-order chi connectivity index (χ0) is 52.1. The van der Waals surface area contributed by atoms with Crippen molar-refractivity contribution in [3.05, 3.63) is 11.8 Å². The number of carbonyl (C=O) groups excluding carboxylic acids is 8. The second-order valence-electron chi connectivity index (χ2n) is 16.3. The minimum Gasteiger partial charge on any atom is -0.477 e. The van der Waals surface area contributed by atoms with Crippen molar-refractivity contribution in [2.45, 2.75) is 126 Å². The molecule has 1 aliphatic heterocycles. The Morgan fingerprint density at radius 2 is 1.41 bits per heavy atom. The third-order valence-corrected chi connectivity index (χ3v) is 10.7. The molecule has 28 heteroatoms. The van der Waals surface area contributed by atoms with E-state index in [1.807, 2.05) is 0 Å². The Morgan fingerprint density at radius 3 is 2.00 bits per heavy atom. The number of carboxylic acids is 1. The number of hydrogen-bond donors (Lipinski definition) is 17. The standard InChI is InChI=1S/C41H76N16O12/c1-23(51-38(65)32(30(58)20-45)56-34(61)24(46)10-3-5-15-42)33(60)50-21-31(59)52-26(12-7-17-44)39(66)57-19-9-14-29(57)37(64)55-28(22-69-2)36(63)53-25(11-4-6-16-43)35(62)54-27(40(67)68)13-8-18-49-41(47)48/h13,23-26,28-30,32,58H,3-12,14-22,42-46H2,1-2H3,(H,50,60)(H,51,65)(H,52,59)(H,53,63)(H,54,62)(H,55,64)(H,56,61)(H,67,68)(H4,47,48,49)/b27-13-/t23-,24?,25-,26+,28-,29-,30-,32-/m0/s1. The van der Waals surface area contributed by atoms with Gasteiger partial charge in [-0.25, -0.2) is 4.79 Å². The van der Waals surface area contributed by atoms with Crippen LogP contribution in [0.2, 0.25) is 0 Å². The number of aliphatic carboxylic acids is 1. The molecule has 69 heavy (non-hydrogen) atoms. The number of amides is 8. The van der Waals surface area contributed by atoms with Crippen molar-refractivity contribution in [3.8, 4) is 0 Å². The highest BCUT2D eigenvalue weighted by molar-refractivity contribution is 5.99. The van der Waals surface area contributed by atoms with Crippen LogP contribution in [0.25, 0.3) is 0 Å². The fourth-order valence-corrected chi connectivity index (χ4v) is 6.88. The van der Waals surface area contributed by atoms with Crippen molar-refractivity contribution in [2.24, 2.45) is 34.4 Å². The molecule has 23 N–H and O–H groups in total. The van der Waals surface area contributed by atoms with Gasteiger partial charge < -0.3 is 96.8 Å². The third-order valence-electron chi connectivity index (χ3n) is 10.7. The van der Waals surface area contributed by atoms with Crippen LogP contribution >= 0.6 is 0 Å². The average Bonchev–Trinajstić information content (AvgIpc) is 3.81. The predicted molar refractivity (Wildman–Crippen MR) is 250 cm³/mol. The second kappa shape index (κ2) is 33.5. The molecule has 0 aliphatic carbocycles. The van der Waals surface area contributed by atoms with Crippen molar-refractivity contribution in [2.75, 3.05) is 59.5 Å². The van der Waals surface area contributed by atoms with Crippen LogP contribution in [-0.4, -0.2) is 182 Å². The predicted octanol–water partition coefficient (Wildman–Crippen LogP) is -7.21. The second-order valence-corrected chi connectivity index (χ2v) is 16.3. The molecule has 1 aliphatic rings. The molecule has 392 valence electrons. The summed E-state index contributed by atoms with van der Waals surface area (Å²) in [7, 11) is 1.27. The molecule has 1 rings (SSSR count). The number of carbonyl (C=O) groups is 9. The molecule has 1 fully saturated rings. The van der Waals surface area contributed by atoms with Gasteiger partial charge in [-0.1, -0.05) is 12.5 Å². The van der Waals surface area contributed by atoms with Crippen LogP contribution < -0.4 is 76.9 Å². The van der Waals surface area contributed by atoms with Gasteiger partial charge in [0.2, 0.25) is 47.3 Å². The van der Waals surface area contributed by atoms with Crippen LogP contribution in [0.5, 0.6) is 0 Å². The summed E-state index contributed by atoms with van der Waals surface area (Å²) in [5.74, 6) is -8.19. The molecule has 1 heterocycles. The van der Waals surface area contributed by atoms with Crippen molar-refractivity contribution >= 4 is 59.2 Å². The lowest BCUT2D eigenvalue weighted by molar-refractivity contribution is -0.142. The molecule has 0 saturated carbocycles. The first kappa shape index (κ1) is 61.0.